The molecule has 0 radical (unpaired) electrons. The highest BCUT2D eigenvalue weighted by Gasteiger charge is 2.26. The number of amides is 2. The van der Waals surface area contributed by atoms with E-state index in [0.717, 1.165) is 31.7 Å². The summed E-state index contributed by atoms with van der Waals surface area (Å²) in [5.41, 5.74) is 0.934. The number of fused-ring (bicyclic) bond motifs is 1. The molecule has 3 rings (SSSR count). The average Bonchev–Trinajstić information content (AvgIpc) is 2.81. The summed E-state index contributed by atoms with van der Waals surface area (Å²) in [5.74, 6) is 0.153. The summed E-state index contributed by atoms with van der Waals surface area (Å²) in [6, 6.07) is 18.8. The Morgan fingerprint density at radius 1 is 1.03 bits per heavy atom. The fraction of sp³-hybridized carbons (Fsp3) is 0.280. The molecular formula is C25H26Br2N2O3. The van der Waals surface area contributed by atoms with Crippen molar-refractivity contribution in [3.63, 3.8) is 0 Å². The Morgan fingerprint density at radius 2 is 1.75 bits per heavy atom. The Kier molecular flexibility index (Phi) is 8.70. The number of rotatable bonds is 9. The van der Waals surface area contributed by atoms with Gasteiger partial charge in [0.25, 0.3) is 5.91 Å². The Morgan fingerprint density at radius 3 is 2.47 bits per heavy atom. The molecule has 1 atom stereocenters. The van der Waals surface area contributed by atoms with Crippen LogP contribution in [-0.2, 0) is 16.1 Å². The minimum Gasteiger partial charge on any atom is -0.483 e. The highest BCUT2D eigenvalue weighted by Crippen LogP contribution is 2.33. The van der Waals surface area contributed by atoms with Crippen molar-refractivity contribution in [2.24, 2.45) is 0 Å². The lowest BCUT2D eigenvalue weighted by Crippen LogP contribution is -2.49. The normalized spacial score (nSPS) is 11.8. The Hall–Kier alpha value is -2.38. The zero-order chi connectivity index (χ0) is 23.1. The van der Waals surface area contributed by atoms with Gasteiger partial charge in [0.05, 0.1) is 4.47 Å². The number of carbonyl (C=O) groups excluding carboxylic acids is 2. The molecule has 0 spiro atoms. The largest absolute Gasteiger partial charge is 0.483 e. The standard InChI is InChI=1S/C25H26Br2N2O3/c1-3-14-28-25(31)17(2)29(15-18-8-11-20(26)12-9-18)23(30)16-32-22-13-10-19-6-4-5-7-21(19)24(22)27/h4-13,17H,3,14-16H2,1-2H3,(H,28,31)/t17-/m1/s1. The third kappa shape index (κ3) is 6.11. The van der Waals surface area contributed by atoms with Crippen LogP contribution in [0, 0.1) is 0 Å². The van der Waals surface area contributed by atoms with E-state index >= 15 is 0 Å². The van der Waals surface area contributed by atoms with Gasteiger partial charge in [-0.3, -0.25) is 9.59 Å². The van der Waals surface area contributed by atoms with Crippen molar-refractivity contribution in [3.05, 3.63) is 75.2 Å². The predicted molar refractivity (Wildman–Crippen MR) is 135 cm³/mol. The van der Waals surface area contributed by atoms with Gasteiger partial charge in [-0.1, -0.05) is 65.3 Å². The average molecular weight is 562 g/mol. The molecule has 3 aromatic carbocycles. The van der Waals surface area contributed by atoms with Gasteiger partial charge in [0, 0.05) is 17.6 Å². The second-order valence-corrected chi connectivity index (χ2v) is 9.21. The molecule has 32 heavy (non-hydrogen) atoms. The molecule has 0 heterocycles. The molecular weight excluding hydrogens is 536 g/mol. The summed E-state index contributed by atoms with van der Waals surface area (Å²) < 4.78 is 7.64. The van der Waals surface area contributed by atoms with E-state index in [-0.39, 0.29) is 18.4 Å². The van der Waals surface area contributed by atoms with Crippen molar-refractivity contribution in [3.8, 4) is 5.75 Å². The molecule has 0 unspecified atom stereocenters. The van der Waals surface area contributed by atoms with E-state index in [1.807, 2.05) is 67.6 Å². The van der Waals surface area contributed by atoms with Crippen LogP contribution in [-0.4, -0.2) is 35.9 Å². The Labute approximate surface area is 205 Å². The summed E-state index contributed by atoms with van der Waals surface area (Å²) in [7, 11) is 0. The van der Waals surface area contributed by atoms with Crippen molar-refractivity contribution in [2.45, 2.75) is 32.9 Å². The molecule has 0 aliphatic carbocycles. The molecule has 0 aliphatic heterocycles. The van der Waals surface area contributed by atoms with E-state index in [4.69, 9.17) is 4.74 Å². The second kappa shape index (κ2) is 11.5. The summed E-state index contributed by atoms with van der Waals surface area (Å²) in [6.07, 6.45) is 0.832. The van der Waals surface area contributed by atoms with Crippen molar-refractivity contribution in [1.29, 1.82) is 0 Å². The highest BCUT2D eigenvalue weighted by molar-refractivity contribution is 9.11. The topological polar surface area (TPSA) is 58.6 Å². The SMILES string of the molecule is CCCNC(=O)[C@@H](C)N(Cc1ccc(Br)cc1)C(=O)COc1ccc2ccccc2c1Br. The molecule has 5 nitrogen and oxygen atoms in total. The number of halogens is 2. The summed E-state index contributed by atoms with van der Waals surface area (Å²) in [6.45, 7) is 4.45. The van der Waals surface area contributed by atoms with Crippen LogP contribution in [0.2, 0.25) is 0 Å². The van der Waals surface area contributed by atoms with Gasteiger partial charge in [-0.15, -0.1) is 0 Å². The monoisotopic (exact) mass is 560 g/mol. The summed E-state index contributed by atoms with van der Waals surface area (Å²) >= 11 is 7.02. The molecule has 1 N–H and O–H groups in total. The molecule has 168 valence electrons. The first-order valence-corrected chi connectivity index (χ1v) is 12.1. The number of nitrogens with zero attached hydrogens (tertiary/aromatic N) is 1. The van der Waals surface area contributed by atoms with Crippen LogP contribution in [0.1, 0.15) is 25.8 Å². The van der Waals surface area contributed by atoms with Crippen molar-refractivity contribution in [2.75, 3.05) is 13.2 Å². The maximum absolute atomic E-state index is 13.2. The number of nitrogens with one attached hydrogen (secondary N) is 1. The number of benzene rings is 3. The molecule has 0 aromatic heterocycles. The first kappa shape index (κ1) is 24.3. The van der Waals surface area contributed by atoms with Crippen molar-refractivity contribution < 1.29 is 14.3 Å². The second-order valence-electron chi connectivity index (χ2n) is 7.50. The number of carbonyl (C=O) groups is 2. The van der Waals surface area contributed by atoms with Crippen LogP contribution >= 0.6 is 31.9 Å². The summed E-state index contributed by atoms with van der Waals surface area (Å²) in [5, 5.41) is 4.97. The van der Waals surface area contributed by atoms with Gasteiger partial charge in [-0.05, 0) is 63.8 Å². The lowest BCUT2D eigenvalue weighted by Gasteiger charge is -2.29. The predicted octanol–water partition coefficient (Wildman–Crippen LogP) is 5.69. The molecule has 7 heteroatoms. The molecule has 0 bridgehead atoms. The van der Waals surface area contributed by atoms with E-state index < -0.39 is 6.04 Å². The fourth-order valence-electron chi connectivity index (χ4n) is 3.31. The quantitative estimate of drug-likeness (QED) is 0.365. The molecule has 0 saturated heterocycles. The lowest BCUT2D eigenvalue weighted by molar-refractivity contribution is -0.142. The molecule has 0 fully saturated rings. The molecule has 2 amide bonds. The zero-order valence-electron chi connectivity index (χ0n) is 18.1. The van der Waals surface area contributed by atoms with Crippen LogP contribution in [0.5, 0.6) is 5.75 Å². The first-order chi connectivity index (χ1) is 15.4. The van der Waals surface area contributed by atoms with Crippen LogP contribution in [0.3, 0.4) is 0 Å². The minimum atomic E-state index is -0.624. The van der Waals surface area contributed by atoms with E-state index in [0.29, 0.717) is 18.8 Å². The van der Waals surface area contributed by atoms with Gasteiger partial charge in [-0.2, -0.15) is 0 Å². The maximum Gasteiger partial charge on any atom is 0.261 e. The molecule has 0 saturated carbocycles. The van der Waals surface area contributed by atoms with Crippen molar-refractivity contribution >= 4 is 54.4 Å². The number of ether oxygens (including phenoxy) is 1. The van der Waals surface area contributed by atoms with E-state index in [9.17, 15) is 9.59 Å². The first-order valence-electron chi connectivity index (χ1n) is 10.5. The van der Waals surface area contributed by atoms with Crippen LogP contribution in [0.25, 0.3) is 10.8 Å². The van der Waals surface area contributed by atoms with Crippen LogP contribution < -0.4 is 10.1 Å². The third-order valence-electron chi connectivity index (χ3n) is 5.16. The minimum absolute atomic E-state index is 0.168. The van der Waals surface area contributed by atoms with Gasteiger partial charge in [-0.25, -0.2) is 0 Å². The van der Waals surface area contributed by atoms with Gasteiger partial charge in [0.1, 0.15) is 11.8 Å². The van der Waals surface area contributed by atoms with Gasteiger partial charge in [0.2, 0.25) is 5.91 Å². The van der Waals surface area contributed by atoms with Gasteiger partial charge in [0.15, 0.2) is 6.61 Å². The smallest absolute Gasteiger partial charge is 0.261 e. The number of hydrogen-bond donors (Lipinski definition) is 1. The third-order valence-corrected chi connectivity index (χ3v) is 6.51. The van der Waals surface area contributed by atoms with Crippen molar-refractivity contribution in [1.82, 2.24) is 10.2 Å². The van der Waals surface area contributed by atoms with Crippen LogP contribution in [0.15, 0.2) is 69.6 Å². The Bertz CT molecular complexity index is 1090. The fourth-order valence-corrected chi connectivity index (χ4v) is 4.18. The highest BCUT2D eigenvalue weighted by atomic mass is 79.9. The molecule has 3 aromatic rings. The number of hydrogen-bond acceptors (Lipinski definition) is 3. The summed E-state index contributed by atoms with van der Waals surface area (Å²) in [4.78, 5) is 27.3. The lowest BCUT2D eigenvalue weighted by atomic mass is 10.1. The zero-order valence-corrected chi connectivity index (χ0v) is 21.3. The van der Waals surface area contributed by atoms with Gasteiger partial charge < -0.3 is 15.0 Å². The molecule has 0 aliphatic rings. The van der Waals surface area contributed by atoms with Gasteiger partial charge >= 0.3 is 0 Å². The van der Waals surface area contributed by atoms with E-state index in [1.165, 1.54) is 0 Å². The maximum atomic E-state index is 13.2. The van der Waals surface area contributed by atoms with E-state index in [2.05, 4.69) is 37.2 Å². The van der Waals surface area contributed by atoms with E-state index in [1.54, 1.807) is 11.8 Å². The Balaban J connectivity index is 1.77. The van der Waals surface area contributed by atoms with Crippen LogP contribution in [0.4, 0.5) is 0 Å².